The zero-order valence-electron chi connectivity index (χ0n) is 13.7. The highest BCUT2D eigenvalue weighted by molar-refractivity contribution is 7.89. The number of hydrogen-bond acceptors (Lipinski definition) is 4. The van der Waals surface area contributed by atoms with Crippen molar-refractivity contribution in [2.24, 2.45) is 0 Å². The second-order valence-corrected chi connectivity index (χ2v) is 7.75. The minimum Gasteiger partial charge on any atom is -0.368 e. The van der Waals surface area contributed by atoms with E-state index in [1.54, 1.807) is 11.8 Å². The van der Waals surface area contributed by atoms with Crippen molar-refractivity contribution >= 4 is 21.6 Å². The summed E-state index contributed by atoms with van der Waals surface area (Å²) >= 11 is 0. The fraction of sp³-hybridized carbons (Fsp3) is 0.562. The fourth-order valence-corrected chi connectivity index (χ4v) is 3.33. The summed E-state index contributed by atoms with van der Waals surface area (Å²) in [5.41, 5.74) is 1.16. The summed E-state index contributed by atoms with van der Waals surface area (Å²) in [4.78, 5) is 16.4. The lowest BCUT2D eigenvalue weighted by atomic mass is 10.1. The van der Waals surface area contributed by atoms with Gasteiger partial charge in [0, 0.05) is 31.4 Å². The van der Waals surface area contributed by atoms with Crippen molar-refractivity contribution in [1.29, 1.82) is 0 Å². The van der Waals surface area contributed by atoms with E-state index in [2.05, 4.69) is 28.7 Å². The Balaban J connectivity index is 1.98. The van der Waals surface area contributed by atoms with Crippen LogP contribution in [0, 0.1) is 0 Å². The van der Waals surface area contributed by atoms with Crippen LogP contribution >= 0.6 is 0 Å². The predicted molar refractivity (Wildman–Crippen MR) is 91.9 cm³/mol. The highest BCUT2D eigenvalue weighted by Crippen LogP contribution is 2.20. The molecule has 1 saturated heterocycles. The molecule has 0 aromatic heterocycles. The smallest absolute Gasteiger partial charge is 0.237 e. The summed E-state index contributed by atoms with van der Waals surface area (Å²) < 4.78 is 25.3. The zero-order valence-corrected chi connectivity index (χ0v) is 14.6. The molecule has 0 aliphatic carbocycles. The van der Waals surface area contributed by atoms with Gasteiger partial charge in [-0.2, -0.15) is 0 Å². The van der Waals surface area contributed by atoms with Crippen molar-refractivity contribution in [2.45, 2.75) is 26.3 Å². The van der Waals surface area contributed by atoms with Crippen LogP contribution < -0.4 is 9.62 Å². The summed E-state index contributed by atoms with van der Waals surface area (Å²) in [5.74, 6) is -0.166. The Morgan fingerprint density at radius 2 is 1.91 bits per heavy atom. The van der Waals surface area contributed by atoms with Gasteiger partial charge in [-0.15, -0.1) is 0 Å². The molecule has 128 valence electrons. The van der Waals surface area contributed by atoms with Crippen molar-refractivity contribution in [3.05, 3.63) is 30.3 Å². The van der Waals surface area contributed by atoms with E-state index in [4.69, 9.17) is 0 Å². The quantitative estimate of drug-likeness (QED) is 0.841. The third kappa shape index (κ3) is 4.68. The van der Waals surface area contributed by atoms with E-state index >= 15 is 0 Å². The first-order valence-electron chi connectivity index (χ1n) is 8.03. The lowest BCUT2D eigenvalue weighted by molar-refractivity contribution is -0.132. The number of anilines is 1. The fourth-order valence-electron chi connectivity index (χ4n) is 2.78. The first kappa shape index (κ1) is 17.7. The van der Waals surface area contributed by atoms with Gasteiger partial charge >= 0.3 is 0 Å². The molecule has 1 aliphatic heterocycles. The Hall–Kier alpha value is -1.60. The maximum absolute atomic E-state index is 12.4. The molecule has 0 radical (unpaired) electrons. The molecule has 0 bridgehead atoms. The zero-order chi connectivity index (χ0) is 16.9. The Morgan fingerprint density at radius 3 is 2.52 bits per heavy atom. The van der Waals surface area contributed by atoms with Crippen LogP contribution in [-0.4, -0.2) is 57.2 Å². The maximum atomic E-state index is 12.4. The number of para-hydroxylation sites is 1. The molecular weight excluding hydrogens is 314 g/mol. The maximum Gasteiger partial charge on any atom is 0.237 e. The van der Waals surface area contributed by atoms with Gasteiger partial charge < -0.3 is 9.80 Å². The highest BCUT2D eigenvalue weighted by Gasteiger charge is 2.29. The number of hydrogen-bond donors (Lipinski definition) is 1. The van der Waals surface area contributed by atoms with Gasteiger partial charge in [0.25, 0.3) is 0 Å². The van der Waals surface area contributed by atoms with Crippen molar-refractivity contribution in [3.8, 4) is 0 Å². The van der Waals surface area contributed by atoms with E-state index in [1.165, 1.54) is 0 Å². The van der Waals surface area contributed by atoms with E-state index in [0.717, 1.165) is 25.2 Å². The number of rotatable bonds is 6. The van der Waals surface area contributed by atoms with Gasteiger partial charge in [-0.05, 0) is 25.5 Å². The third-order valence-corrected chi connectivity index (χ3v) is 5.56. The van der Waals surface area contributed by atoms with Crippen LogP contribution in [0.5, 0.6) is 0 Å². The lowest BCUT2D eigenvalue weighted by Crippen LogP contribution is -2.57. The number of amides is 1. The van der Waals surface area contributed by atoms with Gasteiger partial charge in [0.15, 0.2) is 0 Å². The summed E-state index contributed by atoms with van der Waals surface area (Å²) in [5, 5.41) is 0. The van der Waals surface area contributed by atoms with Crippen molar-refractivity contribution in [2.75, 3.05) is 36.8 Å². The van der Waals surface area contributed by atoms with Gasteiger partial charge in [0.1, 0.15) is 0 Å². The van der Waals surface area contributed by atoms with E-state index in [0.29, 0.717) is 6.54 Å². The molecule has 1 atom stereocenters. The number of carbonyl (C=O) groups is 1. The minimum atomic E-state index is -3.34. The first-order valence-corrected chi connectivity index (χ1v) is 9.69. The SMILES string of the molecule is CCC1CN(c2ccccc2)CCN1C(=O)CNS(=O)(=O)CC. The molecule has 0 saturated carbocycles. The van der Waals surface area contributed by atoms with E-state index < -0.39 is 10.0 Å². The second-order valence-electron chi connectivity index (χ2n) is 5.66. The molecule has 1 aromatic carbocycles. The Bertz CT molecular complexity index is 619. The lowest BCUT2D eigenvalue weighted by Gasteiger charge is -2.42. The number of nitrogens with one attached hydrogen (secondary N) is 1. The van der Waals surface area contributed by atoms with E-state index in [9.17, 15) is 13.2 Å². The Morgan fingerprint density at radius 1 is 1.22 bits per heavy atom. The molecular formula is C16H25N3O3S. The number of piperazine rings is 1. The van der Waals surface area contributed by atoms with Crippen LogP contribution in [0.2, 0.25) is 0 Å². The predicted octanol–water partition coefficient (Wildman–Crippen LogP) is 1.05. The standard InChI is InChI=1S/C16H25N3O3S/c1-3-14-13-18(15-8-6-5-7-9-15)10-11-19(14)16(20)12-17-23(21,22)4-2/h5-9,14,17H,3-4,10-13H2,1-2H3. The van der Waals surface area contributed by atoms with E-state index in [-0.39, 0.29) is 24.2 Å². The second kappa shape index (κ2) is 7.79. The molecule has 1 aliphatic rings. The molecule has 1 N–H and O–H groups in total. The number of sulfonamides is 1. The molecule has 23 heavy (non-hydrogen) atoms. The molecule has 2 rings (SSSR count). The van der Waals surface area contributed by atoms with Crippen molar-refractivity contribution < 1.29 is 13.2 Å². The first-order chi connectivity index (χ1) is 11.0. The number of carbonyl (C=O) groups excluding carboxylic acids is 1. The van der Waals surface area contributed by atoms with Crippen molar-refractivity contribution in [3.63, 3.8) is 0 Å². The Labute approximate surface area is 138 Å². The van der Waals surface area contributed by atoms with Gasteiger partial charge in [-0.25, -0.2) is 13.1 Å². The topological polar surface area (TPSA) is 69.7 Å². The monoisotopic (exact) mass is 339 g/mol. The number of benzene rings is 1. The summed E-state index contributed by atoms with van der Waals surface area (Å²) in [6.45, 7) is 5.59. The minimum absolute atomic E-state index is 0.0146. The average Bonchev–Trinajstić information content (AvgIpc) is 2.60. The van der Waals surface area contributed by atoms with Crippen LogP contribution in [0.25, 0.3) is 0 Å². The van der Waals surface area contributed by atoms with Gasteiger partial charge in [-0.1, -0.05) is 25.1 Å². The summed E-state index contributed by atoms with van der Waals surface area (Å²) in [6, 6.07) is 10.2. The summed E-state index contributed by atoms with van der Waals surface area (Å²) in [7, 11) is -3.34. The van der Waals surface area contributed by atoms with Crippen LogP contribution in [0.3, 0.4) is 0 Å². The van der Waals surface area contributed by atoms with E-state index in [1.807, 2.05) is 18.2 Å². The van der Waals surface area contributed by atoms with Crippen LogP contribution in [0.15, 0.2) is 30.3 Å². The van der Waals surface area contributed by atoms with Crippen LogP contribution in [0.4, 0.5) is 5.69 Å². The number of nitrogens with zero attached hydrogens (tertiary/aromatic N) is 2. The van der Waals surface area contributed by atoms with Crippen LogP contribution in [-0.2, 0) is 14.8 Å². The third-order valence-electron chi connectivity index (χ3n) is 4.22. The molecule has 7 heteroatoms. The van der Waals surface area contributed by atoms with Gasteiger partial charge in [0.2, 0.25) is 15.9 Å². The van der Waals surface area contributed by atoms with Gasteiger partial charge in [0.05, 0.1) is 12.3 Å². The molecule has 1 aromatic rings. The normalized spacial score (nSPS) is 19.0. The molecule has 1 amide bonds. The summed E-state index contributed by atoms with van der Waals surface area (Å²) in [6.07, 6.45) is 0.843. The largest absolute Gasteiger partial charge is 0.368 e. The molecule has 1 heterocycles. The molecule has 1 fully saturated rings. The molecule has 6 nitrogen and oxygen atoms in total. The van der Waals surface area contributed by atoms with Crippen LogP contribution in [0.1, 0.15) is 20.3 Å². The van der Waals surface area contributed by atoms with Gasteiger partial charge in [-0.3, -0.25) is 4.79 Å². The Kier molecular flexibility index (Phi) is 6.01. The molecule has 0 spiro atoms. The highest BCUT2D eigenvalue weighted by atomic mass is 32.2. The molecule has 1 unspecified atom stereocenters. The average molecular weight is 339 g/mol. The van der Waals surface area contributed by atoms with Crippen molar-refractivity contribution in [1.82, 2.24) is 9.62 Å².